The van der Waals surface area contributed by atoms with Crippen LogP contribution in [0.3, 0.4) is 0 Å². The van der Waals surface area contributed by atoms with Crippen LogP contribution in [0, 0.1) is 0 Å². The number of aromatic amines is 1. The maximum Gasteiger partial charge on any atom is 0.251 e. The molecule has 0 unspecified atom stereocenters. The molecule has 0 fully saturated rings. The fourth-order valence-corrected chi connectivity index (χ4v) is 2.25. The molecular formula is C13H21N3O2S. The molecule has 19 heavy (non-hydrogen) atoms. The van der Waals surface area contributed by atoms with Crippen LogP contribution >= 0.6 is 11.8 Å². The van der Waals surface area contributed by atoms with Crippen LogP contribution in [0.15, 0.2) is 16.0 Å². The first-order valence-corrected chi connectivity index (χ1v) is 7.64. The zero-order valence-corrected chi connectivity index (χ0v) is 12.3. The van der Waals surface area contributed by atoms with Gasteiger partial charge in [0.15, 0.2) is 5.16 Å². The summed E-state index contributed by atoms with van der Waals surface area (Å²) >= 11 is 1.26. The average molecular weight is 283 g/mol. The van der Waals surface area contributed by atoms with Gasteiger partial charge in [0.25, 0.3) is 5.56 Å². The highest BCUT2D eigenvalue weighted by molar-refractivity contribution is 7.99. The number of hydrogen-bond donors (Lipinski definition) is 2. The lowest BCUT2D eigenvalue weighted by Crippen LogP contribution is -2.26. The molecule has 0 aliphatic rings. The second-order valence-corrected chi connectivity index (χ2v) is 5.25. The zero-order valence-electron chi connectivity index (χ0n) is 11.5. The van der Waals surface area contributed by atoms with E-state index in [9.17, 15) is 9.59 Å². The van der Waals surface area contributed by atoms with E-state index in [0.717, 1.165) is 31.4 Å². The molecule has 106 valence electrons. The largest absolute Gasteiger partial charge is 0.355 e. The van der Waals surface area contributed by atoms with Gasteiger partial charge >= 0.3 is 0 Å². The average Bonchev–Trinajstić information content (AvgIpc) is 2.36. The molecule has 0 saturated carbocycles. The smallest absolute Gasteiger partial charge is 0.251 e. The number of thioether (sulfide) groups is 1. The van der Waals surface area contributed by atoms with Crippen LogP contribution in [0.1, 0.15) is 38.8 Å². The Kier molecular flexibility index (Phi) is 7.25. The second-order valence-electron chi connectivity index (χ2n) is 4.28. The summed E-state index contributed by atoms with van der Waals surface area (Å²) in [5.41, 5.74) is 0.618. The molecule has 6 heteroatoms. The van der Waals surface area contributed by atoms with Gasteiger partial charge in [-0.05, 0) is 12.8 Å². The fourth-order valence-electron chi connectivity index (χ4n) is 1.53. The molecule has 0 aromatic carbocycles. The Morgan fingerprint density at radius 3 is 2.89 bits per heavy atom. The highest BCUT2D eigenvalue weighted by Crippen LogP contribution is 2.11. The number of nitrogens with zero attached hydrogens (tertiary/aromatic N) is 1. The molecular weight excluding hydrogens is 262 g/mol. The molecule has 1 amide bonds. The molecule has 1 aromatic rings. The predicted octanol–water partition coefficient (Wildman–Crippen LogP) is 1.73. The second kappa shape index (κ2) is 8.74. The first-order chi connectivity index (χ1) is 9.15. The van der Waals surface area contributed by atoms with Crippen LogP contribution in [-0.4, -0.2) is 28.2 Å². The van der Waals surface area contributed by atoms with Crippen molar-refractivity contribution in [1.29, 1.82) is 0 Å². The lowest BCUT2D eigenvalue weighted by Gasteiger charge is -2.04. The van der Waals surface area contributed by atoms with E-state index in [2.05, 4.69) is 22.2 Å². The van der Waals surface area contributed by atoms with Crippen molar-refractivity contribution >= 4 is 17.7 Å². The first kappa shape index (κ1) is 15.8. The Labute approximate surface area is 117 Å². The minimum atomic E-state index is -0.160. The van der Waals surface area contributed by atoms with Crippen molar-refractivity contribution in [1.82, 2.24) is 15.3 Å². The Hall–Kier alpha value is -1.30. The van der Waals surface area contributed by atoms with Crippen molar-refractivity contribution < 1.29 is 4.79 Å². The summed E-state index contributed by atoms with van der Waals surface area (Å²) in [5, 5.41) is 3.34. The summed E-state index contributed by atoms with van der Waals surface area (Å²) < 4.78 is 0. The molecule has 1 heterocycles. The summed E-state index contributed by atoms with van der Waals surface area (Å²) in [7, 11) is 0. The van der Waals surface area contributed by atoms with E-state index in [-0.39, 0.29) is 17.2 Å². The normalized spacial score (nSPS) is 10.4. The Morgan fingerprint density at radius 2 is 2.21 bits per heavy atom. The van der Waals surface area contributed by atoms with Crippen molar-refractivity contribution in [2.45, 2.75) is 44.7 Å². The highest BCUT2D eigenvalue weighted by atomic mass is 32.2. The number of nitrogens with one attached hydrogen (secondary N) is 2. The SMILES string of the molecule is CCCCNC(=O)CSc1nc(CCC)cc(=O)[nH]1. The Morgan fingerprint density at radius 1 is 1.42 bits per heavy atom. The zero-order chi connectivity index (χ0) is 14.1. The summed E-state index contributed by atoms with van der Waals surface area (Å²) in [4.78, 5) is 29.9. The Balaban J connectivity index is 2.48. The van der Waals surface area contributed by atoms with Crippen LogP contribution in [0.25, 0.3) is 0 Å². The lowest BCUT2D eigenvalue weighted by molar-refractivity contribution is -0.118. The monoisotopic (exact) mass is 283 g/mol. The summed E-state index contributed by atoms with van der Waals surface area (Å²) in [6, 6.07) is 1.51. The van der Waals surface area contributed by atoms with Gasteiger partial charge in [-0.25, -0.2) is 4.98 Å². The van der Waals surface area contributed by atoms with Crippen molar-refractivity contribution in [2.75, 3.05) is 12.3 Å². The van der Waals surface area contributed by atoms with E-state index in [1.54, 1.807) is 0 Å². The van der Waals surface area contributed by atoms with Crippen LogP contribution in [0.4, 0.5) is 0 Å². The number of amides is 1. The number of aryl methyl sites for hydroxylation is 1. The number of rotatable bonds is 8. The van der Waals surface area contributed by atoms with Crippen LogP contribution in [-0.2, 0) is 11.2 Å². The molecule has 0 aliphatic carbocycles. The lowest BCUT2D eigenvalue weighted by atomic mass is 10.2. The molecule has 0 saturated heterocycles. The quantitative estimate of drug-likeness (QED) is 0.433. The van der Waals surface area contributed by atoms with Crippen molar-refractivity contribution in [3.05, 3.63) is 22.1 Å². The van der Waals surface area contributed by atoms with Gasteiger partial charge in [0.1, 0.15) is 0 Å². The molecule has 0 bridgehead atoms. The third-order valence-electron chi connectivity index (χ3n) is 2.47. The van der Waals surface area contributed by atoms with E-state index >= 15 is 0 Å². The molecule has 0 aliphatic heterocycles. The number of aromatic nitrogens is 2. The first-order valence-electron chi connectivity index (χ1n) is 6.65. The van der Waals surface area contributed by atoms with Crippen LogP contribution < -0.4 is 10.9 Å². The van der Waals surface area contributed by atoms with Gasteiger partial charge < -0.3 is 10.3 Å². The van der Waals surface area contributed by atoms with E-state index < -0.39 is 0 Å². The number of unbranched alkanes of at least 4 members (excludes halogenated alkanes) is 1. The van der Waals surface area contributed by atoms with Crippen LogP contribution in [0.5, 0.6) is 0 Å². The number of carbonyl (C=O) groups is 1. The standard InChI is InChI=1S/C13H21N3O2S/c1-3-5-7-14-12(18)9-19-13-15-10(6-4-2)8-11(17)16-13/h8H,3-7,9H2,1-2H3,(H,14,18)(H,15,16,17). The van der Waals surface area contributed by atoms with Crippen molar-refractivity contribution in [3.8, 4) is 0 Å². The topological polar surface area (TPSA) is 74.8 Å². The van der Waals surface area contributed by atoms with Gasteiger partial charge in [-0.2, -0.15) is 0 Å². The Bertz CT molecular complexity index is 459. The van der Waals surface area contributed by atoms with Crippen molar-refractivity contribution in [2.24, 2.45) is 0 Å². The summed E-state index contributed by atoms with van der Waals surface area (Å²) in [6.45, 7) is 4.82. The molecule has 0 radical (unpaired) electrons. The van der Waals surface area contributed by atoms with Gasteiger partial charge in [0, 0.05) is 18.3 Å². The highest BCUT2D eigenvalue weighted by Gasteiger charge is 2.05. The third-order valence-corrected chi connectivity index (χ3v) is 3.34. The fraction of sp³-hybridized carbons (Fsp3) is 0.615. The molecule has 5 nitrogen and oxygen atoms in total. The third kappa shape index (κ3) is 6.42. The molecule has 0 spiro atoms. The molecule has 1 rings (SSSR count). The molecule has 0 atom stereocenters. The van der Waals surface area contributed by atoms with Gasteiger partial charge in [0.05, 0.1) is 5.75 Å². The van der Waals surface area contributed by atoms with Gasteiger partial charge in [0.2, 0.25) is 5.91 Å². The maximum atomic E-state index is 11.5. The van der Waals surface area contributed by atoms with E-state index in [4.69, 9.17) is 0 Å². The van der Waals surface area contributed by atoms with E-state index in [1.165, 1.54) is 17.8 Å². The summed E-state index contributed by atoms with van der Waals surface area (Å²) in [5.74, 6) is 0.254. The van der Waals surface area contributed by atoms with Crippen LogP contribution in [0.2, 0.25) is 0 Å². The summed E-state index contributed by atoms with van der Waals surface area (Å²) in [6.07, 6.45) is 3.76. The van der Waals surface area contributed by atoms with E-state index in [0.29, 0.717) is 11.7 Å². The predicted molar refractivity (Wildman–Crippen MR) is 77.5 cm³/mol. The molecule has 2 N–H and O–H groups in total. The number of carbonyl (C=O) groups excluding carboxylic acids is 1. The minimum absolute atomic E-state index is 0.0259. The van der Waals surface area contributed by atoms with Gasteiger partial charge in [-0.15, -0.1) is 0 Å². The van der Waals surface area contributed by atoms with E-state index in [1.807, 2.05) is 6.92 Å². The number of hydrogen-bond acceptors (Lipinski definition) is 4. The van der Waals surface area contributed by atoms with Gasteiger partial charge in [-0.3, -0.25) is 9.59 Å². The number of H-pyrrole nitrogens is 1. The van der Waals surface area contributed by atoms with Gasteiger partial charge in [-0.1, -0.05) is 38.5 Å². The minimum Gasteiger partial charge on any atom is -0.355 e. The molecule has 1 aromatic heterocycles. The maximum absolute atomic E-state index is 11.5. The van der Waals surface area contributed by atoms with Crippen molar-refractivity contribution in [3.63, 3.8) is 0 Å².